The number of halogens is 1. The maximum atomic E-state index is 13.0. The molecule has 136 valence electrons. The summed E-state index contributed by atoms with van der Waals surface area (Å²) in [6.07, 6.45) is 2.51. The molecule has 0 aliphatic carbocycles. The number of nitrogens with zero attached hydrogens (tertiary/aromatic N) is 4. The molecule has 3 rings (SSSR count). The summed E-state index contributed by atoms with van der Waals surface area (Å²) >= 11 is 0. The lowest BCUT2D eigenvalue weighted by atomic mass is 10.3. The summed E-state index contributed by atoms with van der Waals surface area (Å²) in [4.78, 5) is 34.3. The Morgan fingerprint density at radius 1 is 1.04 bits per heavy atom. The van der Waals surface area contributed by atoms with Gasteiger partial charge in [0.2, 0.25) is 11.6 Å². The van der Waals surface area contributed by atoms with Crippen LogP contribution in [0.4, 0.5) is 27.4 Å². The van der Waals surface area contributed by atoms with E-state index in [1.807, 2.05) is 0 Å². The van der Waals surface area contributed by atoms with Crippen molar-refractivity contribution in [1.82, 2.24) is 20.4 Å². The minimum atomic E-state index is -0.707. The normalized spacial score (nSPS) is 10.1. The number of anilines is 3. The molecule has 0 saturated heterocycles. The smallest absolute Gasteiger partial charge is 0.334 e. The summed E-state index contributed by atoms with van der Waals surface area (Å²) in [6.45, 7) is 0. The van der Waals surface area contributed by atoms with Gasteiger partial charge >= 0.3 is 5.69 Å². The van der Waals surface area contributed by atoms with Crippen molar-refractivity contribution in [1.29, 1.82) is 0 Å². The maximum Gasteiger partial charge on any atom is 0.355 e. The minimum absolute atomic E-state index is 0.117. The average molecular weight is 369 g/mol. The first-order valence-corrected chi connectivity index (χ1v) is 7.54. The second-order valence-electron chi connectivity index (χ2n) is 5.10. The monoisotopic (exact) mass is 369 g/mol. The standard InChI is InChI=1S/C16H12FN7O3/c17-10-4-6-11(7-5-10)21-14-13(24(26)27)15(20-9-19-14)22-23-16(25)12-3-1-2-8-18-12/h1-9H,(H,23,25)(H2,19,20,21,22). The molecule has 2 heterocycles. The molecule has 0 unspecified atom stereocenters. The molecule has 1 aromatic carbocycles. The summed E-state index contributed by atoms with van der Waals surface area (Å²) in [5.74, 6) is -1.41. The first-order chi connectivity index (χ1) is 13.0. The second-order valence-corrected chi connectivity index (χ2v) is 5.10. The number of benzene rings is 1. The number of carbonyl (C=O) groups excluding carboxylic acids is 1. The molecule has 0 fully saturated rings. The lowest BCUT2D eigenvalue weighted by molar-refractivity contribution is -0.383. The fourth-order valence-corrected chi connectivity index (χ4v) is 2.08. The molecule has 0 atom stereocenters. The van der Waals surface area contributed by atoms with Crippen LogP contribution in [-0.2, 0) is 0 Å². The quantitative estimate of drug-likeness (QED) is 0.445. The van der Waals surface area contributed by atoms with Crippen LogP contribution in [0, 0.1) is 15.9 Å². The Balaban J connectivity index is 1.82. The number of pyridine rings is 1. The van der Waals surface area contributed by atoms with E-state index < -0.39 is 22.3 Å². The third-order valence-electron chi connectivity index (χ3n) is 3.30. The van der Waals surface area contributed by atoms with Gasteiger partial charge in [-0.1, -0.05) is 6.07 Å². The molecule has 2 aromatic heterocycles. The van der Waals surface area contributed by atoms with Gasteiger partial charge in [-0.05, 0) is 36.4 Å². The van der Waals surface area contributed by atoms with Crippen LogP contribution in [-0.4, -0.2) is 25.8 Å². The predicted octanol–water partition coefficient (Wildman–Crippen LogP) is 2.42. The molecule has 3 aromatic rings. The lowest BCUT2D eigenvalue weighted by Crippen LogP contribution is -2.31. The zero-order valence-corrected chi connectivity index (χ0v) is 13.6. The molecule has 0 saturated carbocycles. The van der Waals surface area contributed by atoms with Gasteiger partial charge in [0, 0.05) is 11.9 Å². The van der Waals surface area contributed by atoms with Crippen LogP contribution in [0.3, 0.4) is 0 Å². The van der Waals surface area contributed by atoms with Gasteiger partial charge in [-0.15, -0.1) is 0 Å². The van der Waals surface area contributed by atoms with Crippen molar-refractivity contribution in [3.63, 3.8) is 0 Å². The third kappa shape index (κ3) is 4.28. The molecule has 11 heteroatoms. The van der Waals surface area contributed by atoms with Gasteiger partial charge in [0.1, 0.15) is 17.8 Å². The van der Waals surface area contributed by atoms with Gasteiger partial charge in [-0.2, -0.15) is 0 Å². The fraction of sp³-hybridized carbons (Fsp3) is 0. The number of carbonyl (C=O) groups is 1. The Hall–Kier alpha value is -4.15. The van der Waals surface area contributed by atoms with Gasteiger partial charge in [0.25, 0.3) is 5.91 Å². The SMILES string of the molecule is O=C(NNc1ncnc(Nc2ccc(F)cc2)c1[N+](=O)[O-])c1ccccn1. The molecule has 0 aliphatic heterocycles. The first kappa shape index (κ1) is 17.7. The molecule has 0 radical (unpaired) electrons. The first-order valence-electron chi connectivity index (χ1n) is 7.54. The molecule has 10 nitrogen and oxygen atoms in total. The average Bonchev–Trinajstić information content (AvgIpc) is 2.68. The van der Waals surface area contributed by atoms with E-state index in [1.165, 1.54) is 36.5 Å². The highest BCUT2D eigenvalue weighted by Gasteiger charge is 2.23. The topological polar surface area (TPSA) is 135 Å². The molecule has 1 amide bonds. The summed E-state index contributed by atoms with van der Waals surface area (Å²) in [5, 5.41) is 14.2. The summed E-state index contributed by atoms with van der Waals surface area (Å²) in [6, 6.07) is 9.94. The molecule has 3 N–H and O–H groups in total. The van der Waals surface area contributed by atoms with Crippen LogP contribution in [0.25, 0.3) is 0 Å². The Kier molecular flexibility index (Phi) is 5.12. The van der Waals surface area contributed by atoms with Crippen LogP contribution in [0.15, 0.2) is 55.0 Å². The maximum absolute atomic E-state index is 13.0. The molecule has 0 spiro atoms. The summed E-state index contributed by atoms with van der Waals surface area (Å²) < 4.78 is 13.0. The Morgan fingerprint density at radius 2 is 1.78 bits per heavy atom. The Bertz CT molecular complexity index is 968. The van der Waals surface area contributed by atoms with E-state index in [4.69, 9.17) is 0 Å². The van der Waals surface area contributed by atoms with Crippen molar-refractivity contribution in [3.05, 3.63) is 76.6 Å². The largest absolute Gasteiger partial charge is 0.355 e. The number of aromatic nitrogens is 3. The van der Waals surface area contributed by atoms with Gasteiger partial charge in [0.05, 0.1) is 4.92 Å². The van der Waals surface area contributed by atoms with E-state index >= 15 is 0 Å². The zero-order chi connectivity index (χ0) is 19.2. The molecule has 0 bridgehead atoms. The highest BCUT2D eigenvalue weighted by atomic mass is 19.1. The number of rotatable bonds is 6. The summed E-state index contributed by atoms with van der Waals surface area (Å²) in [7, 11) is 0. The van der Waals surface area contributed by atoms with Gasteiger partial charge < -0.3 is 5.32 Å². The molecule has 27 heavy (non-hydrogen) atoms. The number of hydrogen-bond donors (Lipinski definition) is 3. The number of nitro groups is 1. The highest BCUT2D eigenvalue weighted by Crippen LogP contribution is 2.30. The van der Waals surface area contributed by atoms with Crippen LogP contribution < -0.4 is 16.2 Å². The van der Waals surface area contributed by atoms with Gasteiger partial charge in [0.15, 0.2) is 0 Å². The number of amides is 1. The lowest BCUT2D eigenvalue weighted by Gasteiger charge is -2.10. The molecular formula is C16H12FN7O3. The zero-order valence-electron chi connectivity index (χ0n) is 13.6. The van der Waals surface area contributed by atoms with Crippen molar-refractivity contribution in [2.75, 3.05) is 10.7 Å². The van der Waals surface area contributed by atoms with Crippen molar-refractivity contribution < 1.29 is 14.1 Å². The number of hydrazine groups is 1. The van der Waals surface area contributed by atoms with Crippen LogP contribution in [0.5, 0.6) is 0 Å². The predicted molar refractivity (Wildman–Crippen MR) is 93.7 cm³/mol. The van der Waals surface area contributed by atoms with E-state index in [2.05, 4.69) is 31.1 Å². The fourth-order valence-electron chi connectivity index (χ4n) is 2.08. The third-order valence-corrected chi connectivity index (χ3v) is 3.30. The number of nitrogens with one attached hydrogen (secondary N) is 3. The van der Waals surface area contributed by atoms with E-state index in [1.54, 1.807) is 12.1 Å². The molecular weight excluding hydrogens is 357 g/mol. The van der Waals surface area contributed by atoms with E-state index in [9.17, 15) is 19.3 Å². The second kappa shape index (κ2) is 7.82. The van der Waals surface area contributed by atoms with Gasteiger partial charge in [-0.3, -0.25) is 30.7 Å². The van der Waals surface area contributed by atoms with E-state index in [-0.39, 0.29) is 17.3 Å². The van der Waals surface area contributed by atoms with E-state index in [0.29, 0.717) is 5.69 Å². The van der Waals surface area contributed by atoms with Gasteiger partial charge in [-0.25, -0.2) is 14.4 Å². The van der Waals surface area contributed by atoms with Crippen LogP contribution >= 0.6 is 0 Å². The van der Waals surface area contributed by atoms with Crippen molar-refractivity contribution in [2.45, 2.75) is 0 Å². The van der Waals surface area contributed by atoms with Crippen LogP contribution in [0.2, 0.25) is 0 Å². The van der Waals surface area contributed by atoms with Crippen molar-refractivity contribution >= 4 is 28.9 Å². The van der Waals surface area contributed by atoms with Crippen LogP contribution in [0.1, 0.15) is 10.5 Å². The summed E-state index contributed by atoms with van der Waals surface area (Å²) in [5.41, 5.74) is 4.69. The van der Waals surface area contributed by atoms with E-state index in [0.717, 1.165) is 6.33 Å². The Labute approximate surface area is 151 Å². The highest BCUT2D eigenvalue weighted by molar-refractivity contribution is 5.93. The molecule has 0 aliphatic rings. The van der Waals surface area contributed by atoms with Crippen molar-refractivity contribution in [2.24, 2.45) is 0 Å². The van der Waals surface area contributed by atoms with Crippen molar-refractivity contribution in [3.8, 4) is 0 Å². The number of hydrogen-bond acceptors (Lipinski definition) is 8. The minimum Gasteiger partial charge on any atom is -0.334 e. The Morgan fingerprint density at radius 3 is 2.44 bits per heavy atom.